The molecule has 1 heterocycles. The minimum Gasteiger partial charge on any atom is -0.387 e. The number of hydrogen-bond acceptors (Lipinski definition) is 5. The minimum absolute atomic E-state index is 0.0477. The summed E-state index contributed by atoms with van der Waals surface area (Å²) >= 11 is 0. The van der Waals surface area contributed by atoms with Gasteiger partial charge in [0.15, 0.2) is 0 Å². The first kappa shape index (κ1) is 32.5. The summed E-state index contributed by atoms with van der Waals surface area (Å²) in [6.45, 7) is 6.43. The molecule has 0 spiro atoms. The monoisotopic (exact) mass is 583 g/mol. The van der Waals surface area contributed by atoms with Crippen LogP contribution in [0.3, 0.4) is 0 Å². The number of aliphatic imine (C=N–C) groups is 1. The summed E-state index contributed by atoms with van der Waals surface area (Å²) in [6, 6.07) is 0.122. The molecule has 236 valence electrons. The molecular formula is C34H57N5O3. The third-order valence-corrected chi connectivity index (χ3v) is 10.1. The third kappa shape index (κ3) is 9.57. The van der Waals surface area contributed by atoms with E-state index in [1.165, 1.54) is 32.1 Å². The molecule has 4 N–H and O–H groups in total. The molecule has 8 heteroatoms. The number of carbonyl (C=O) groups excluding carboxylic acids is 3. The van der Waals surface area contributed by atoms with E-state index in [9.17, 15) is 14.4 Å². The Morgan fingerprint density at radius 2 is 1.67 bits per heavy atom. The molecule has 1 aliphatic heterocycles. The zero-order valence-electron chi connectivity index (χ0n) is 26.4. The molecule has 3 fully saturated rings. The first-order chi connectivity index (χ1) is 20.4. The molecule has 8 nitrogen and oxygen atoms in total. The fourth-order valence-corrected chi connectivity index (χ4v) is 7.81. The first-order valence-corrected chi connectivity index (χ1v) is 17.2. The average molecular weight is 584 g/mol. The maximum atomic E-state index is 13.4. The minimum atomic E-state index is -0.0787. The third-order valence-electron chi connectivity index (χ3n) is 10.1. The Balaban J connectivity index is 1.23. The van der Waals surface area contributed by atoms with Crippen LogP contribution in [0.2, 0.25) is 0 Å². The van der Waals surface area contributed by atoms with Crippen LogP contribution in [0.4, 0.5) is 0 Å². The number of nitrogens with one attached hydrogen (secondary N) is 2. The van der Waals surface area contributed by atoms with Crippen molar-refractivity contribution >= 4 is 23.6 Å². The predicted octanol–water partition coefficient (Wildman–Crippen LogP) is 5.26. The van der Waals surface area contributed by atoms with Gasteiger partial charge in [-0.15, -0.1) is 0 Å². The summed E-state index contributed by atoms with van der Waals surface area (Å²) in [5.74, 6) is 2.14. The number of nitrogens with two attached hydrogens (primary N) is 1. The molecule has 0 aromatic rings. The van der Waals surface area contributed by atoms with E-state index in [-0.39, 0.29) is 41.6 Å². The quantitative estimate of drug-likeness (QED) is 0.291. The van der Waals surface area contributed by atoms with Crippen LogP contribution in [0, 0.1) is 23.7 Å². The summed E-state index contributed by atoms with van der Waals surface area (Å²) in [7, 11) is 0. The number of nitrogens with zero attached hydrogens (tertiary/aromatic N) is 2. The molecule has 0 aromatic carbocycles. The lowest BCUT2D eigenvalue weighted by molar-refractivity contribution is -0.128. The van der Waals surface area contributed by atoms with Crippen molar-refractivity contribution in [2.45, 2.75) is 135 Å². The lowest BCUT2D eigenvalue weighted by atomic mass is 9.77. The molecule has 5 unspecified atom stereocenters. The first-order valence-electron chi connectivity index (χ1n) is 17.2. The Morgan fingerprint density at radius 1 is 0.929 bits per heavy atom. The van der Waals surface area contributed by atoms with E-state index in [1.807, 2.05) is 4.90 Å². The van der Waals surface area contributed by atoms with E-state index >= 15 is 0 Å². The smallest absolute Gasteiger partial charge is 0.249 e. The van der Waals surface area contributed by atoms with Gasteiger partial charge in [0.05, 0.1) is 11.9 Å². The van der Waals surface area contributed by atoms with Gasteiger partial charge in [-0.2, -0.15) is 0 Å². The molecule has 4 aliphatic rings. The molecule has 3 amide bonds. The number of amides is 3. The fourth-order valence-electron chi connectivity index (χ4n) is 7.81. The van der Waals surface area contributed by atoms with Gasteiger partial charge in [-0.25, -0.2) is 0 Å². The van der Waals surface area contributed by atoms with Crippen LogP contribution in [0.25, 0.3) is 0 Å². The van der Waals surface area contributed by atoms with Gasteiger partial charge in [0.1, 0.15) is 0 Å². The van der Waals surface area contributed by atoms with Gasteiger partial charge in [0.25, 0.3) is 0 Å². The molecule has 0 aromatic heterocycles. The SMILES string of the molecule is CCCN(CCC)C(=O)C1=CC2CCC(C(=O)NC3CCCC(CNC(=O)CCC4CCCCC4)C3)CC2N=C(N)C1. The van der Waals surface area contributed by atoms with Crippen LogP contribution in [0.1, 0.15) is 123 Å². The Morgan fingerprint density at radius 3 is 2.40 bits per heavy atom. The van der Waals surface area contributed by atoms with Crippen molar-refractivity contribution in [2.24, 2.45) is 34.4 Å². The van der Waals surface area contributed by atoms with E-state index in [4.69, 9.17) is 10.7 Å². The zero-order valence-corrected chi connectivity index (χ0v) is 26.4. The molecule has 3 saturated carbocycles. The molecule has 4 rings (SSSR count). The van der Waals surface area contributed by atoms with Gasteiger partial charge >= 0.3 is 0 Å². The topological polar surface area (TPSA) is 117 Å². The van der Waals surface area contributed by atoms with Crippen LogP contribution in [0.15, 0.2) is 16.6 Å². The molecular weight excluding hydrogens is 526 g/mol. The lowest BCUT2D eigenvalue weighted by Crippen LogP contribution is -2.45. The van der Waals surface area contributed by atoms with Crippen molar-refractivity contribution in [3.8, 4) is 0 Å². The van der Waals surface area contributed by atoms with Crippen molar-refractivity contribution < 1.29 is 14.4 Å². The fraction of sp³-hybridized carbons (Fsp3) is 0.824. The maximum absolute atomic E-state index is 13.4. The van der Waals surface area contributed by atoms with Crippen LogP contribution in [-0.2, 0) is 14.4 Å². The van der Waals surface area contributed by atoms with E-state index in [0.717, 1.165) is 88.9 Å². The van der Waals surface area contributed by atoms with Gasteiger partial charge in [-0.05, 0) is 69.6 Å². The highest BCUT2D eigenvalue weighted by Crippen LogP contribution is 2.36. The Labute approximate surface area is 254 Å². The van der Waals surface area contributed by atoms with E-state index < -0.39 is 0 Å². The molecule has 0 bridgehead atoms. The second-order valence-corrected chi connectivity index (χ2v) is 13.6. The van der Waals surface area contributed by atoms with Crippen molar-refractivity contribution in [1.29, 1.82) is 0 Å². The Hall–Kier alpha value is -2.38. The van der Waals surface area contributed by atoms with E-state index in [2.05, 4.69) is 30.6 Å². The maximum Gasteiger partial charge on any atom is 0.249 e. The van der Waals surface area contributed by atoms with Crippen molar-refractivity contribution in [1.82, 2.24) is 15.5 Å². The van der Waals surface area contributed by atoms with Gasteiger partial charge in [0.2, 0.25) is 17.7 Å². The van der Waals surface area contributed by atoms with Crippen LogP contribution < -0.4 is 16.4 Å². The number of carbonyl (C=O) groups is 3. The highest BCUT2D eigenvalue weighted by atomic mass is 16.2. The van der Waals surface area contributed by atoms with Crippen molar-refractivity contribution in [3.05, 3.63) is 11.6 Å². The zero-order chi connectivity index (χ0) is 29.9. The van der Waals surface area contributed by atoms with Crippen molar-refractivity contribution in [3.63, 3.8) is 0 Å². The molecule has 0 radical (unpaired) electrons. The summed E-state index contributed by atoms with van der Waals surface area (Å²) in [4.78, 5) is 45.9. The summed E-state index contributed by atoms with van der Waals surface area (Å²) in [5, 5.41) is 6.55. The van der Waals surface area contributed by atoms with Gasteiger partial charge < -0.3 is 21.3 Å². The highest BCUT2D eigenvalue weighted by Gasteiger charge is 2.36. The summed E-state index contributed by atoms with van der Waals surface area (Å²) in [6.07, 6.45) is 19.1. The highest BCUT2D eigenvalue weighted by molar-refractivity contribution is 6.00. The summed E-state index contributed by atoms with van der Waals surface area (Å²) < 4.78 is 0. The van der Waals surface area contributed by atoms with E-state index in [0.29, 0.717) is 31.0 Å². The number of fused-ring (bicyclic) bond motifs is 1. The molecule has 0 saturated heterocycles. The molecule has 3 aliphatic carbocycles. The van der Waals surface area contributed by atoms with Crippen molar-refractivity contribution in [2.75, 3.05) is 19.6 Å². The average Bonchev–Trinajstić information content (AvgIpc) is 3.16. The Bertz CT molecular complexity index is 966. The van der Waals surface area contributed by atoms with E-state index in [1.54, 1.807) is 0 Å². The second kappa shape index (κ2) is 16.5. The number of amidine groups is 1. The normalized spacial score (nSPS) is 28.5. The molecule has 42 heavy (non-hydrogen) atoms. The number of rotatable bonds is 12. The predicted molar refractivity (Wildman–Crippen MR) is 169 cm³/mol. The summed E-state index contributed by atoms with van der Waals surface area (Å²) in [5.41, 5.74) is 7.09. The van der Waals surface area contributed by atoms with Crippen LogP contribution in [-0.4, -0.2) is 60.2 Å². The standard InChI is InChI=1S/C34H57N5O3/c1-3-17-39(18-4-2)34(42)28-20-26-14-15-27(21-30(26)38-31(35)22-28)33(41)37-29-12-8-11-25(19-29)23-36-32(40)16-13-24-9-6-5-7-10-24/h20,24-27,29-30H,3-19,21-23H2,1-2H3,(H2,35,38)(H,36,40)(H,37,41). The van der Waals surface area contributed by atoms with Gasteiger partial charge in [-0.3, -0.25) is 19.4 Å². The lowest BCUT2D eigenvalue weighted by Gasteiger charge is -2.34. The Kier molecular flexibility index (Phi) is 12.8. The van der Waals surface area contributed by atoms with Gasteiger partial charge in [-0.1, -0.05) is 58.4 Å². The number of hydrogen-bond donors (Lipinski definition) is 3. The van der Waals surface area contributed by atoms with Gasteiger partial charge in [0, 0.05) is 55.9 Å². The largest absolute Gasteiger partial charge is 0.387 e. The van der Waals surface area contributed by atoms with Crippen LogP contribution in [0.5, 0.6) is 0 Å². The molecule has 5 atom stereocenters. The second-order valence-electron chi connectivity index (χ2n) is 13.6. The van der Waals surface area contributed by atoms with Crippen LogP contribution >= 0.6 is 0 Å².